The molecule has 0 saturated heterocycles. The van der Waals surface area contributed by atoms with Crippen molar-refractivity contribution in [2.75, 3.05) is 0 Å². The fourth-order valence-corrected chi connectivity index (χ4v) is 4.56. The van der Waals surface area contributed by atoms with Gasteiger partial charge in [0, 0.05) is 5.92 Å². The number of hydrogen-bond acceptors (Lipinski definition) is 3. The van der Waals surface area contributed by atoms with E-state index in [0.717, 1.165) is 16.3 Å². The minimum Gasteiger partial charge on any atom is -0.479 e. The summed E-state index contributed by atoms with van der Waals surface area (Å²) in [6.07, 6.45) is -1.67. The summed E-state index contributed by atoms with van der Waals surface area (Å²) in [5.41, 5.74) is 1.38. The van der Waals surface area contributed by atoms with E-state index >= 15 is 0 Å². The Morgan fingerprint density at radius 1 is 1.00 bits per heavy atom. The molecule has 0 spiro atoms. The maximum atomic E-state index is 12.6. The van der Waals surface area contributed by atoms with Crippen LogP contribution in [0.1, 0.15) is 24.0 Å². The molecule has 3 unspecified atom stereocenters. The summed E-state index contributed by atoms with van der Waals surface area (Å²) < 4.78 is 17.8. The normalized spacial score (nSPS) is 15.8. The summed E-state index contributed by atoms with van der Waals surface area (Å²) in [6.45, 7) is 1.70. The average Bonchev–Trinajstić information content (AvgIpc) is 2.65. The summed E-state index contributed by atoms with van der Waals surface area (Å²) in [4.78, 5) is 22.1. The second kappa shape index (κ2) is 8.05. The first-order valence-electron chi connectivity index (χ1n) is 8.62. The van der Waals surface area contributed by atoms with Crippen molar-refractivity contribution < 1.29 is 23.9 Å². The van der Waals surface area contributed by atoms with Crippen LogP contribution in [-0.4, -0.2) is 22.1 Å². The fourth-order valence-electron chi connectivity index (χ4n) is 3.19. The van der Waals surface area contributed by atoms with Crippen molar-refractivity contribution in [3.8, 4) is 0 Å². The molecule has 0 aliphatic heterocycles. The third-order valence-electron chi connectivity index (χ3n) is 4.51. The molecule has 3 rings (SSSR count). The lowest BCUT2D eigenvalue weighted by atomic mass is 9.91. The quantitative estimate of drug-likeness (QED) is 0.572. The molecule has 2 N–H and O–H groups in total. The Hall–Kier alpha value is -2.46. The van der Waals surface area contributed by atoms with E-state index in [1.165, 1.54) is 0 Å². The van der Waals surface area contributed by atoms with Crippen molar-refractivity contribution in [1.29, 1.82) is 0 Å². The van der Waals surface area contributed by atoms with E-state index in [1.807, 2.05) is 42.5 Å². The SMILES string of the molecule is CC(c1cccc2ccccc12)C(OP(=O)(O)Cc1ccccc1)C(=O)O. The van der Waals surface area contributed by atoms with Gasteiger partial charge in [-0.15, -0.1) is 0 Å². The Morgan fingerprint density at radius 3 is 2.33 bits per heavy atom. The molecule has 0 aliphatic rings. The molecule has 6 heteroatoms. The van der Waals surface area contributed by atoms with Crippen LogP contribution < -0.4 is 0 Å². The lowest BCUT2D eigenvalue weighted by Gasteiger charge is -2.24. The predicted molar refractivity (Wildman–Crippen MR) is 105 cm³/mol. The molecule has 3 atom stereocenters. The van der Waals surface area contributed by atoms with E-state index in [4.69, 9.17) is 4.52 Å². The smallest absolute Gasteiger partial charge is 0.334 e. The predicted octanol–water partition coefficient (Wildman–Crippen LogP) is 4.80. The van der Waals surface area contributed by atoms with Crippen molar-refractivity contribution >= 4 is 24.3 Å². The van der Waals surface area contributed by atoms with E-state index in [1.54, 1.807) is 37.3 Å². The van der Waals surface area contributed by atoms with Crippen LogP contribution in [0.4, 0.5) is 0 Å². The van der Waals surface area contributed by atoms with Crippen LogP contribution in [0, 0.1) is 0 Å². The van der Waals surface area contributed by atoms with Gasteiger partial charge in [-0.1, -0.05) is 79.7 Å². The van der Waals surface area contributed by atoms with E-state index in [-0.39, 0.29) is 6.16 Å². The third-order valence-corrected chi connectivity index (χ3v) is 5.84. The minimum atomic E-state index is -4.14. The molecular formula is C21H21O5P. The zero-order valence-corrected chi connectivity index (χ0v) is 15.8. The number of fused-ring (bicyclic) bond motifs is 1. The van der Waals surface area contributed by atoms with E-state index in [2.05, 4.69) is 0 Å². The number of benzene rings is 3. The third kappa shape index (κ3) is 4.64. The number of hydrogen-bond donors (Lipinski definition) is 2. The molecule has 0 aromatic heterocycles. The molecule has 0 radical (unpaired) electrons. The van der Waals surface area contributed by atoms with Gasteiger partial charge in [0.15, 0.2) is 6.10 Å². The highest BCUT2D eigenvalue weighted by Crippen LogP contribution is 2.49. The molecule has 0 fully saturated rings. The van der Waals surface area contributed by atoms with Gasteiger partial charge in [-0.05, 0) is 21.9 Å². The van der Waals surface area contributed by atoms with Gasteiger partial charge in [0.1, 0.15) is 0 Å². The Balaban J connectivity index is 1.88. The van der Waals surface area contributed by atoms with Crippen LogP contribution in [0.3, 0.4) is 0 Å². The van der Waals surface area contributed by atoms with Crippen LogP contribution in [0.2, 0.25) is 0 Å². The summed E-state index contributed by atoms with van der Waals surface area (Å²) in [5, 5.41) is 11.5. The second-order valence-electron chi connectivity index (χ2n) is 6.50. The van der Waals surface area contributed by atoms with Crippen LogP contribution in [0.15, 0.2) is 72.8 Å². The number of aliphatic carboxylic acids is 1. The van der Waals surface area contributed by atoms with Gasteiger partial charge < -0.3 is 10.00 Å². The van der Waals surface area contributed by atoms with Crippen molar-refractivity contribution in [2.24, 2.45) is 0 Å². The Labute approximate surface area is 157 Å². The molecule has 27 heavy (non-hydrogen) atoms. The molecule has 140 valence electrons. The molecule has 0 bridgehead atoms. The monoisotopic (exact) mass is 384 g/mol. The van der Waals surface area contributed by atoms with Gasteiger partial charge in [-0.2, -0.15) is 0 Å². The van der Waals surface area contributed by atoms with Gasteiger partial charge in [0.25, 0.3) is 0 Å². The summed E-state index contributed by atoms with van der Waals surface area (Å²) in [5.74, 6) is -1.87. The maximum Gasteiger partial charge on any atom is 0.334 e. The summed E-state index contributed by atoms with van der Waals surface area (Å²) in [7, 11) is -4.14. The molecule has 0 aliphatic carbocycles. The topological polar surface area (TPSA) is 83.8 Å². The molecule has 0 saturated carbocycles. The molecule has 5 nitrogen and oxygen atoms in total. The van der Waals surface area contributed by atoms with Crippen molar-refractivity contribution in [1.82, 2.24) is 0 Å². The molecule has 3 aromatic carbocycles. The first kappa shape index (κ1) is 19.3. The molecule has 0 amide bonds. The Bertz CT molecular complexity index is 981. The number of carboxylic acids is 1. The summed E-state index contributed by atoms with van der Waals surface area (Å²) >= 11 is 0. The van der Waals surface area contributed by atoms with Gasteiger partial charge in [0.05, 0.1) is 6.16 Å². The molecule has 0 heterocycles. The molecule has 3 aromatic rings. The van der Waals surface area contributed by atoms with E-state index in [9.17, 15) is 19.4 Å². The van der Waals surface area contributed by atoms with Gasteiger partial charge in [-0.3, -0.25) is 9.09 Å². The minimum absolute atomic E-state index is 0.236. The summed E-state index contributed by atoms with van der Waals surface area (Å²) in [6, 6.07) is 21.9. The zero-order chi connectivity index (χ0) is 19.4. The highest BCUT2D eigenvalue weighted by atomic mass is 31.2. The van der Waals surface area contributed by atoms with Crippen LogP contribution in [0.5, 0.6) is 0 Å². The lowest BCUT2D eigenvalue weighted by Crippen LogP contribution is -2.29. The molecular weight excluding hydrogens is 363 g/mol. The fraction of sp³-hybridized carbons (Fsp3) is 0.190. The van der Waals surface area contributed by atoms with Gasteiger partial charge in [0.2, 0.25) is 0 Å². The second-order valence-corrected chi connectivity index (χ2v) is 8.30. The first-order chi connectivity index (χ1) is 12.9. The van der Waals surface area contributed by atoms with E-state index < -0.39 is 25.6 Å². The highest BCUT2D eigenvalue weighted by molar-refractivity contribution is 7.52. The Kier molecular flexibility index (Phi) is 5.76. The number of carboxylic acid groups (broad SMARTS) is 1. The largest absolute Gasteiger partial charge is 0.479 e. The van der Waals surface area contributed by atoms with Crippen molar-refractivity contribution in [2.45, 2.75) is 25.1 Å². The van der Waals surface area contributed by atoms with Crippen molar-refractivity contribution in [3.05, 3.63) is 83.9 Å². The van der Waals surface area contributed by atoms with Crippen LogP contribution >= 0.6 is 7.60 Å². The van der Waals surface area contributed by atoms with Gasteiger partial charge in [-0.25, -0.2) is 4.79 Å². The van der Waals surface area contributed by atoms with Crippen molar-refractivity contribution in [3.63, 3.8) is 0 Å². The van der Waals surface area contributed by atoms with E-state index in [0.29, 0.717) is 5.56 Å². The van der Waals surface area contributed by atoms with Gasteiger partial charge >= 0.3 is 13.6 Å². The number of rotatable bonds is 7. The highest BCUT2D eigenvalue weighted by Gasteiger charge is 2.35. The zero-order valence-electron chi connectivity index (χ0n) is 14.9. The number of carbonyl (C=O) groups is 1. The standard InChI is InChI=1S/C21H21O5P/c1-15(18-13-7-11-17-10-5-6-12-19(17)18)20(21(22)23)26-27(24,25)14-16-8-3-2-4-9-16/h2-13,15,20H,14H2,1H3,(H,22,23)(H,24,25). The first-order valence-corrected chi connectivity index (χ1v) is 10.4. The Morgan fingerprint density at radius 2 is 1.63 bits per heavy atom. The van der Waals surface area contributed by atoms with Crippen LogP contribution in [0.25, 0.3) is 10.8 Å². The average molecular weight is 384 g/mol. The lowest BCUT2D eigenvalue weighted by molar-refractivity contribution is -0.146. The van der Waals surface area contributed by atoms with Crippen LogP contribution in [-0.2, 0) is 20.0 Å². The maximum absolute atomic E-state index is 12.6.